The van der Waals surface area contributed by atoms with Crippen molar-refractivity contribution >= 4 is 34.4 Å². The molecule has 0 aliphatic carbocycles. The van der Waals surface area contributed by atoms with Crippen molar-refractivity contribution in [3.8, 4) is 0 Å². The minimum absolute atomic E-state index is 0.0561. The summed E-state index contributed by atoms with van der Waals surface area (Å²) in [4.78, 5) is 16.0. The number of hydrogen-bond acceptors (Lipinski definition) is 3. The number of halogens is 3. The summed E-state index contributed by atoms with van der Waals surface area (Å²) in [5.74, 6) is -1.02. The largest absolute Gasteiger partial charge is 0.325 e. The molecule has 0 aliphatic rings. The van der Waals surface area contributed by atoms with Gasteiger partial charge in [0.15, 0.2) is 5.16 Å². The van der Waals surface area contributed by atoms with Crippen LogP contribution in [0.25, 0.3) is 11.0 Å². The number of carbonyl (C=O) groups excluding carboxylic acids is 1. The summed E-state index contributed by atoms with van der Waals surface area (Å²) >= 11 is 0.899. The molecule has 24 heavy (non-hydrogen) atoms. The number of amides is 1. The molecule has 0 bridgehead atoms. The summed E-state index contributed by atoms with van der Waals surface area (Å²) in [5, 5.41) is 2.57. The van der Waals surface area contributed by atoms with E-state index in [-0.39, 0.29) is 10.9 Å². The van der Waals surface area contributed by atoms with E-state index in [1.54, 1.807) is 30.3 Å². The van der Waals surface area contributed by atoms with Crippen molar-refractivity contribution in [3.05, 3.63) is 54.3 Å². The fourth-order valence-electron chi connectivity index (χ4n) is 2.21. The molecule has 1 N–H and O–H groups in total. The number of thioether (sulfide) groups is 1. The molecule has 0 unspecified atom stereocenters. The minimum atomic E-state index is -2.76. The van der Waals surface area contributed by atoms with Gasteiger partial charge in [-0.1, -0.05) is 30.0 Å². The predicted molar refractivity (Wildman–Crippen MR) is 86.7 cm³/mol. The van der Waals surface area contributed by atoms with E-state index in [1.165, 1.54) is 18.2 Å². The molecule has 124 valence electrons. The van der Waals surface area contributed by atoms with Crippen molar-refractivity contribution in [2.75, 3.05) is 11.1 Å². The Bertz CT molecular complexity index is 882. The van der Waals surface area contributed by atoms with Gasteiger partial charge < -0.3 is 5.32 Å². The Balaban J connectivity index is 1.73. The SMILES string of the molecule is O=C(CSc1nc2ccccc2n1C(F)F)Nc1cccc(F)c1. The van der Waals surface area contributed by atoms with E-state index >= 15 is 0 Å². The molecule has 3 rings (SSSR count). The van der Waals surface area contributed by atoms with Gasteiger partial charge in [0.05, 0.1) is 16.8 Å². The number of nitrogens with one attached hydrogen (secondary N) is 1. The van der Waals surface area contributed by atoms with Gasteiger partial charge in [0.25, 0.3) is 0 Å². The second kappa shape index (κ2) is 6.96. The molecule has 0 radical (unpaired) electrons. The van der Waals surface area contributed by atoms with E-state index < -0.39 is 18.3 Å². The highest BCUT2D eigenvalue weighted by Gasteiger charge is 2.18. The first-order valence-electron chi connectivity index (χ1n) is 6.98. The molecule has 4 nitrogen and oxygen atoms in total. The van der Waals surface area contributed by atoms with Gasteiger partial charge in [-0.15, -0.1) is 0 Å². The summed E-state index contributed by atoms with van der Waals surface area (Å²) in [6, 6.07) is 12.0. The third-order valence-corrected chi connectivity index (χ3v) is 4.15. The Kier molecular flexibility index (Phi) is 4.75. The summed E-state index contributed by atoms with van der Waals surface area (Å²) < 4.78 is 40.4. The number of imidazole rings is 1. The number of para-hydroxylation sites is 2. The highest BCUT2D eigenvalue weighted by molar-refractivity contribution is 7.99. The molecule has 2 aromatic carbocycles. The van der Waals surface area contributed by atoms with Crippen LogP contribution in [0.4, 0.5) is 18.9 Å². The van der Waals surface area contributed by atoms with Gasteiger partial charge in [-0.05, 0) is 30.3 Å². The maximum absolute atomic E-state index is 13.3. The number of aromatic nitrogens is 2. The van der Waals surface area contributed by atoms with E-state index in [2.05, 4.69) is 10.3 Å². The van der Waals surface area contributed by atoms with Crippen molar-refractivity contribution in [2.45, 2.75) is 11.7 Å². The minimum Gasteiger partial charge on any atom is -0.325 e. The van der Waals surface area contributed by atoms with Crippen LogP contribution in [-0.4, -0.2) is 21.2 Å². The fourth-order valence-corrected chi connectivity index (χ4v) is 3.02. The number of carbonyl (C=O) groups is 1. The van der Waals surface area contributed by atoms with Crippen molar-refractivity contribution in [3.63, 3.8) is 0 Å². The monoisotopic (exact) mass is 351 g/mol. The standard InChI is InChI=1S/C16H12F3N3OS/c17-10-4-3-5-11(8-10)20-14(23)9-24-16-21-12-6-1-2-7-13(12)22(16)15(18)19/h1-8,15H,9H2,(H,20,23). The summed E-state index contributed by atoms with van der Waals surface area (Å²) in [6.07, 6.45) is 0. The van der Waals surface area contributed by atoms with Crippen molar-refractivity contribution < 1.29 is 18.0 Å². The zero-order valence-corrected chi connectivity index (χ0v) is 13.1. The molecule has 0 aliphatic heterocycles. The fraction of sp³-hybridized carbons (Fsp3) is 0.125. The van der Waals surface area contributed by atoms with Gasteiger partial charge in [0.1, 0.15) is 5.82 Å². The first kappa shape index (κ1) is 16.4. The normalized spacial score (nSPS) is 11.2. The number of hydrogen-bond donors (Lipinski definition) is 1. The van der Waals surface area contributed by atoms with Crippen molar-refractivity contribution in [1.82, 2.24) is 9.55 Å². The third kappa shape index (κ3) is 3.53. The summed E-state index contributed by atoms with van der Waals surface area (Å²) in [7, 11) is 0. The van der Waals surface area contributed by atoms with E-state index in [9.17, 15) is 18.0 Å². The molecule has 0 atom stereocenters. The molecule has 0 saturated carbocycles. The molecular weight excluding hydrogens is 339 g/mol. The first-order chi connectivity index (χ1) is 11.5. The quantitative estimate of drug-likeness (QED) is 0.697. The smallest absolute Gasteiger partial charge is 0.321 e. The van der Waals surface area contributed by atoms with Crippen LogP contribution in [0.1, 0.15) is 6.55 Å². The van der Waals surface area contributed by atoms with Gasteiger partial charge in [-0.2, -0.15) is 8.78 Å². The van der Waals surface area contributed by atoms with Gasteiger partial charge in [-0.3, -0.25) is 9.36 Å². The number of alkyl halides is 2. The van der Waals surface area contributed by atoms with Crippen LogP contribution in [0.15, 0.2) is 53.7 Å². The molecule has 0 saturated heterocycles. The molecule has 0 spiro atoms. The Morgan fingerprint density at radius 2 is 2.00 bits per heavy atom. The van der Waals surface area contributed by atoms with Gasteiger partial charge >= 0.3 is 6.55 Å². The Morgan fingerprint density at radius 3 is 2.75 bits per heavy atom. The molecular formula is C16H12F3N3OS. The first-order valence-corrected chi connectivity index (χ1v) is 7.96. The summed E-state index contributed by atoms with van der Waals surface area (Å²) in [6.45, 7) is -2.76. The van der Waals surface area contributed by atoms with Crippen LogP contribution in [-0.2, 0) is 4.79 Å². The number of rotatable bonds is 5. The van der Waals surface area contributed by atoms with Gasteiger partial charge in [0.2, 0.25) is 5.91 Å². The highest BCUT2D eigenvalue weighted by atomic mass is 32.2. The van der Waals surface area contributed by atoms with Crippen LogP contribution < -0.4 is 5.32 Å². The second-order valence-electron chi connectivity index (χ2n) is 4.88. The molecule has 1 heterocycles. The van der Waals surface area contributed by atoms with E-state index in [0.29, 0.717) is 16.7 Å². The molecule has 1 amide bonds. The number of fused-ring (bicyclic) bond motifs is 1. The molecule has 8 heteroatoms. The lowest BCUT2D eigenvalue weighted by Gasteiger charge is -2.08. The van der Waals surface area contributed by atoms with Crippen molar-refractivity contribution in [2.24, 2.45) is 0 Å². The zero-order valence-electron chi connectivity index (χ0n) is 12.2. The maximum atomic E-state index is 13.3. The molecule has 1 aromatic heterocycles. The van der Waals surface area contributed by atoms with Gasteiger partial charge in [0, 0.05) is 5.69 Å². The number of anilines is 1. The van der Waals surface area contributed by atoms with Crippen LogP contribution in [0, 0.1) is 5.82 Å². The molecule has 0 fully saturated rings. The highest BCUT2D eigenvalue weighted by Crippen LogP contribution is 2.29. The number of benzene rings is 2. The van der Waals surface area contributed by atoms with E-state index in [1.807, 2.05) is 0 Å². The topological polar surface area (TPSA) is 46.9 Å². The predicted octanol–water partition coefficient (Wildman–Crippen LogP) is 4.30. The summed E-state index contributed by atoms with van der Waals surface area (Å²) in [5.41, 5.74) is 1.05. The van der Waals surface area contributed by atoms with Crippen molar-refractivity contribution in [1.29, 1.82) is 0 Å². The van der Waals surface area contributed by atoms with E-state index in [4.69, 9.17) is 0 Å². The Morgan fingerprint density at radius 1 is 1.21 bits per heavy atom. The van der Waals surface area contributed by atoms with Crippen LogP contribution >= 0.6 is 11.8 Å². The van der Waals surface area contributed by atoms with Gasteiger partial charge in [-0.25, -0.2) is 9.37 Å². The second-order valence-corrected chi connectivity index (χ2v) is 5.82. The van der Waals surface area contributed by atoms with Crippen LogP contribution in [0.5, 0.6) is 0 Å². The van der Waals surface area contributed by atoms with E-state index in [0.717, 1.165) is 16.3 Å². The average molecular weight is 351 g/mol. The lowest BCUT2D eigenvalue weighted by Crippen LogP contribution is -2.14. The van der Waals surface area contributed by atoms with Crippen LogP contribution in [0.3, 0.4) is 0 Å². The molecule has 3 aromatic rings. The van der Waals surface area contributed by atoms with Crippen LogP contribution in [0.2, 0.25) is 0 Å². The number of nitrogens with zero attached hydrogens (tertiary/aromatic N) is 2. The lowest BCUT2D eigenvalue weighted by molar-refractivity contribution is -0.113. The lowest BCUT2D eigenvalue weighted by atomic mass is 10.3. The maximum Gasteiger partial charge on any atom is 0.321 e. The zero-order chi connectivity index (χ0) is 17.1. The third-order valence-electron chi connectivity index (χ3n) is 3.20. The Labute approximate surface area is 139 Å². The average Bonchev–Trinajstić information content (AvgIpc) is 2.91. The Hall–Kier alpha value is -2.48.